The third-order valence-electron chi connectivity index (χ3n) is 7.93. The number of hydrogen-bond acceptors (Lipinski definition) is 2. The standard InChI is InChI=1S/C33H43N3O/c1-25(2)29-17-12-18-30(26(3)4)31(29)34-32(37)36(23-27-13-8-6-9-14-27)24-33(19-21-35(5)22-20-33)28-15-10-7-11-16-28/h6-18,25-26H,19-24H2,1-5H3,(H,34,37). The Morgan fingerprint density at radius 3 is 1.92 bits per heavy atom. The molecule has 0 bridgehead atoms. The van der Waals surface area contributed by atoms with Gasteiger partial charge in [0.2, 0.25) is 0 Å². The predicted octanol–water partition coefficient (Wildman–Crippen LogP) is 7.63. The number of piperidine rings is 1. The molecule has 3 aromatic rings. The fourth-order valence-electron chi connectivity index (χ4n) is 5.63. The van der Waals surface area contributed by atoms with Crippen LogP contribution in [0.4, 0.5) is 10.5 Å². The van der Waals surface area contributed by atoms with Gasteiger partial charge in [0.05, 0.1) is 0 Å². The highest BCUT2D eigenvalue weighted by atomic mass is 16.2. The van der Waals surface area contributed by atoms with E-state index in [1.165, 1.54) is 16.7 Å². The fraction of sp³-hybridized carbons (Fsp3) is 0.424. The predicted molar refractivity (Wildman–Crippen MR) is 155 cm³/mol. The van der Waals surface area contributed by atoms with Crippen LogP contribution in [0.2, 0.25) is 0 Å². The van der Waals surface area contributed by atoms with Gasteiger partial charge in [0.25, 0.3) is 0 Å². The number of urea groups is 1. The Labute approximate surface area is 223 Å². The molecular formula is C33H43N3O. The van der Waals surface area contributed by atoms with Crippen molar-refractivity contribution in [3.63, 3.8) is 0 Å². The van der Waals surface area contributed by atoms with E-state index in [-0.39, 0.29) is 11.4 Å². The van der Waals surface area contributed by atoms with Crippen LogP contribution in [0.15, 0.2) is 78.9 Å². The van der Waals surface area contributed by atoms with Crippen molar-refractivity contribution >= 4 is 11.7 Å². The summed E-state index contributed by atoms with van der Waals surface area (Å²) < 4.78 is 0. The number of amides is 2. The number of anilines is 1. The minimum atomic E-state index is -0.0711. The third kappa shape index (κ3) is 6.42. The lowest BCUT2D eigenvalue weighted by molar-refractivity contribution is 0.137. The van der Waals surface area contributed by atoms with Crippen molar-refractivity contribution in [1.29, 1.82) is 0 Å². The summed E-state index contributed by atoms with van der Waals surface area (Å²) in [5.74, 6) is 0.641. The van der Waals surface area contributed by atoms with Gasteiger partial charge in [-0.1, -0.05) is 107 Å². The van der Waals surface area contributed by atoms with Gasteiger partial charge in [-0.05, 0) is 67.1 Å². The van der Waals surface area contributed by atoms with Gasteiger partial charge in [-0.3, -0.25) is 0 Å². The van der Waals surface area contributed by atoms with E-state index >= 15 is 0 Å². The van der Waals surface area contributed by atoms with Crippen LogP contribution in [0.3, 0.4) is 0 Å². The van der Waals surface area contributed by atoms with Crippen LogP contribution in [-0.4, -0.2) is 42.5 Å². The molecule has 0 aliphatic carbocycles. The first-order valence-corrected chi connectivity index (χ1v) is 13.8. The summed E-state index contributed by atoms with van der Waals surface area (Å²) >= 11 is 0. The zero-order valence-electron chi connectivity index (χ0n) is 23.2. The molecule has 1 N–H and O–H groups in total. The Morgan fingerprint density at radius 2 is 1.38 bits per heavy atom. The van der Waals surface area contributed by atoms with Crippen molar-refractivity contribution in [1.82, 2.24) is 9.80 Å². The minimum absolute atomic E-state index is 0.0203. The molecule has 0 unspecified atom stereocenters. The number of para-hydroxylation sites is 1. The number of nitrogens with zero attached hydrogens (tertiary/aromatic N) is 2. The number of benzene rings is 3. The average Bonchev–Trinajstić information content (AvgIpc) is 2.90. The molecule has 4 rings (SSSR count). The third-order valence-corrected chi connectivity index (χ3v) is 7.93. The van der Waals surface area contributed by atoms with E-state index in [0.717, 1.165) is 37.2 Å². The Kier molecular flexibility index (Phi) is 8.71. The molecule has 0 aromatic heterocycles. The Morgan fingerprint density at radius 1 is 0.838 bits per heavy atom. The lowest BCUT2D eigenvalue weighted by atomic mass is 9.72. The monoisotopic (exact) mass is 497 g/mol. The second-order valence-electron chi connectivity index (χ2n) is 11.3. The molecule has 4 heteroatoms. The highest BCUT2D eigenvalue weighted by Crippen LogP contribution is 2.37. The molecule has 0 atom stereocenters. The largest absolute Gasteiger partial charge is 0.322 e. The van der Waals surface area contributed by atoms with E-state index < -0.39 is 0 Å². The lowest BCUT2D eigenvalue weighted by Crippen LogP contribution is -2.50. The second-order valence-corrected chi connectivity index (χ2v) is 11.3. The number of nitrogens with one attached hydrogen (secondary N) is 1. The van der Waals surface area contributed by atoms with Crippen LogP contribution in [0.1, 0.15) is 74.6 Å². The SMILES string of the molecule is CC(C)c1cccc(C(C)C)c1NC(=O)N(Cc1ccccc1)CC1(c2ccccc2)CCN(C)CC1. The van der Waals surface area contributed by atoms with Crippen molar-refractivity contribution < 1.29 is 4.79 Å². The summed E-state index contributed by atoms with van der Waals surface area (Å²) in [6.45, 7) is 12.1. The summed E-state index contributed by atoms with van der Waals surface area (Å²) in [7, 11) is 2.19. The molecule has 1 fully saturated rings. The highest BCUT2D eigenvalue weighted by Gasteiger charge is 2.38. The first-order chi connectivity index (χ1) is 17.8. The van der Waals surface area contributed by atoms with Crippen LogP contribution in [-0.2, 0) is 12.0 Å². The zero-order chi connectivity index (χ0) is 26.4. The number of hydrogen-bond donors (Lipinski definition) is 1. The number of carbonyl (C=O) groups excluding carboxylic acids is 1. The highest BCUT2D eigenvalue weighted by molar-refractivity contribution is 5.91. The van der Waals surface area contributed by atoms with Crippen molar-refractivity contribution in [2.24, 2.45) is 0 Å². The summed E-state index contributed by atoms with van der Waals surface area (Å²) in [6.07, 6.45) is 2.07. The second kappa shape index (κ2) is 12.0. The van der Waals surface area contributed by atoms with Gasteiger partial charge in [-0.2, -0.15) is 0 Å². The Hall–Kier alpha value is -3.11. The van der Waals surface area contributed by atoms with Gasteiger partial charge >= 0.3 is 6.03 Å². The maximum Gasteiger partial charge on any atom is 0.322 e. The van der Waals surface area contributed by atoms with Gasteiger partial charge in [0.15, 0.2) is 0 Å². The van der Waals surface area contributed by atoms with Gasteiger partial charge in [-0.15, -0.1) is 0 Å². The summed E-state index contributed by atoms with van der Waals surface area (Å²) in [5.41, 5.74) is 5.77. The van der Waals surface area contributed by atoms with Crippen molar-refractivity contribution in [3.05, 3.63) is 101 Å². The normalized spacial score (nSPS) is 15.6. The van der Waals surface area contributed by atoms with E-state index in [1.54, 1.807) is 0 Å². The average molecular weight is 498 g/mol. The van der Waals surface area contributed by atoms with Crippen LogP contribution in [0.5, 0.6) is 0 Å². The molecule has 1 aliphatic rings. The quantitative estimate of drug-likeness (QED) is 0.347. The smallest absolute Gasteiger partial charge is 0.319 e. The number of rotatable bonds is 8. The first-order valence-electron chi connectivity index (χ1n) is 13.8. The van der Waals surface area contributed by atoms with E-state index in [1.807, 2.05) is 6.07 Å². The van der Waals surface area contributed by atoms with Crippen molar-refractivity contribution in [3.8, 4) is 0 Å². The van der Waals surface area contributed by atoms with Gasteiger partial charge in [0, 0.05) is 24.2 Å². The maximum absolute atomic E-state index is 14.2. The topological polar surface area (TPSA) is 35.6 Å². The van der Waals surface area contributed by atoms with Gasteiger partial charge in [-0.25, -0.2) is 4.79 Å². The molecular weight excluding hydrogens is 454 g/mol. The van der Waals surface area contributed by atoms with Crippen LogP contribution >= 0.6 is 0 Å². The van der Waals surface area contributed by atoms with Gasteiger partial charge in [0.1, 0.15) is 0 Å². The Balaban J connectivity index is 1.71. The molecule has 196 valence electrons. The first kappa shape index (κ1) is 26.9. The summed E-state index contributed by atoms with van der Waals surface area (Å²) in [4.78, 5) is 18.6. The Bertz CT molecular complexity index is 1120. The fourth-order valence-corrected chi connectivity index (χ4v) is 5.63. The number of likely N-dealkylation sites (tertiary alicyclic amines) is 1. The van der Waals surface area contributed by atoms with Crippen LogP contribution in [0, 0.1) is 0 Å². The lowest BCUT2D eigenvalue weighted by Gasteiger charge is -2.44. The summed E-state index contributed by atoms with van der Waals surface area (Å²) in [6, 6.07) is 27.6. The van der Waals surface area contributed by atoms with Crippen molar-refractivity contribution in [2.45, 2.75) is 64.3 Å². The molecule has 1 saturated heterocycles. The molecule has 0 radical (unpaired) electrons. The molecule has 1 aliphatic heterocycles. The van der Waals surface area contributed by atoms with Crippen LogP contribution in [0.25, 0.3) is 0 Å². The van der Waals surface area contributed by atoms with E-state index in [9.17, 15) is 4.79 Å². The molecule has 1 heterocycles. The van der Waals surface area contributed by atoms with Gasteiger partial charge < -0.3 is 15.1 Å². The summed E-state index contributed by atoms with van der Waals surface area (Å²) in [5, 5.41) is 3.41. The van der Waals surface area contributed by atoms with E-state index in [2.05, 4.69) is 123 Å². The molecule has 0 spiro atoms. The van der Waals surface area contributed by atoms with E-state index in [4.69, 9.17) is 0 Å². The minimum Gasteiger partial charge on any atom is -0.319 e. The van der Waals surface area contributed by atoms with Crippen LogP contribution < -0.4 is 5.32 Å². The molecule has 2 amide bonds. The maximum atomic E-state index is 14.2. The molecule has 37 heavy (non-hydrogen) atoms. The van der Waals surface area contributed by atoms with Crippen molar-refractivity contribution in [2.75, 3.05) is 32.0 Å². The van der Waals surface area contributed by atoms with E-state index in [0.29, 0.717) is 24.9 Å². The zero-order valence-corrected chi connectivity index (χ0v) is 23.2. The molecule has 4 nitrogen and oxygen atoms in total. The number of carbonyl (C=O) groups is 1. The molecule has 0 saturated carbocycles. The molecule has 3 aromatic carbocycles.